The van der Waals surface area contributed by atoms with Gasteiger partial charge in [-0.15, -0.1) is 0 Å². The van der Waals surface area contributed by atoms with Crippen molar-refractivity contribution in [1.82, 2.24) is 0 Å². The molecule has 0 aromatic carbocycles. The highest BCUT2D eigenvalue weighted by atomic mass is 31.2. The van der Waals surface area contributed by atoms with Crippen LogP contribution >= 0.6 is 7.82 Å². The summed E-state index contributed by atoms with van der Waals surface area (Å²) in [5, 5.41) is 0. The number of hydrogen-bond acceptors (Lipinski definition) is 8. The largest absolute Gasteiger partial charge is 0.756 e. The van der Waals surface area contributed by atoms with E-state index in [2.05, 4.69) is 74.6 Å². The minimum atomic E-state index is -4.63. The lowest BCUT2D eigenvalue weighted by Crippen LogP contribution is -2.37. The average Bonchev–Trinajstić information content (AvgIpc) is 3.29. The lowest BCUT2D eigenvalue weighted by atomic mass is 10.0. The zero-order valence-electron chi connectivity index (χ0n) is 44.1. The average molecular weight is 962 g/mol. The number of carbonyl (C=O) groups excluding carboxylic acids is 2. The fourth-order valence-corrected chi connectivity index (χ4v) is 8.29. The number of nitrogens with zero attached hydrogens (tertiary/aromatic N) is 1. The van der Waals surface area contributed by atoms with E-state index < -0.39 is 26.5 Å². The molecule has 0 aliphatic rings. The van der Waals surface area contributed by atoms with E-state index in [0.29, 0.717) is 17.4 Å². The monoisotopic (exact) mass is 962 g/mol. The van der Waals surface area contributed by atoms with E-state index in [1.54, 1.807) is 0 Å². The molecule has 0 radical (unpaired) electrons. The first-order valence-corrected chi connectivity index (χ1v) is 29.0. The van der Waals surface area contributed by atoms with Crippen LogP contribution in [0.2, 0.25) is 0 Å². The van der Waals surface area contributed by atoms with Gasteiger partial charge in [0.05, 0.1) is 27.7 Å². The molecule has 2 unspecified atom stereocenters. The fourth-order valence-electron chi connectivity index (χ4n) is 7.57. The third-order valence-corrected chi connectivity index (χ3v) is 12.8. The van der Waals surface area contributed by atoms with Gasteiger partial charge in [-0.25, -0.2) is 0 Å². The van der Waals surface area contributed by atoms with Gasteiger partial charge in [-0.05, 0) is 57.8 Å². The van der Waals surface area contributed by atoms with Gasteiger partial charge < -0.3 is 27.9 Å². The summed E-state index contributed by atoms with van der Waals surface area (Å²) in [6.45, 7) is 4.14. The summed E-state index contributed by atoms with van der Waals surface area (Å²) in [5.74, 6) is -0.830. The van der Waals surface area contributed by atoms with Gasteiger partial charge in [-0.1, -0.05) is 229 Å². The normalized spacial score (nSPS) is 13.8. The smallest absolute Gasteiger partial charge is 0.306 e. The second kappa shape index (κ2) is 48.7. The quantitative estimate of drug-likeness (QED) is 0.0195. The summed E-state index contributed by atoms with van der Waals surface area (Å²) in [6.07, 6.45) is 61.1. The Kier molecular flexibility index (Phi) is 47.1. The topological polar surface area (TPSA) is 111 Å². The van der Waals surface area contributed by atoms with Crippen LogP contribution in [0.5, 0.6) is 0 Å². The molecular weight excluding hydrogens is 858 g/mol. The zero-order chi connectivity index (χ0) is 49.2. The Balaban J connectivity index is 4.17. The molecule has 0 bridgehead atoms. The van der Waals surface area contributed by atoms with Crippen molar-refractivity contribution in [1.29, 1.82) is 0 Å². The molecule has 0 aromatic heterocycles. The highest BCUT2D eigenvalue weighted by Gasteiger charge is 2.21. The van der Waals surface area contributed by atoms with Crippen molar-refractivity contribution in [3.05, 3.63) is 60.8 Å². The highest BCUT2D eigenvalue weighted by molar-refractivity contribution is 7.45. The van der Waals surface area contributed by atoms with Gasteiger partial charge in [0.2, 0.25) is 0 Å². The predicted molar refractivity (Wildman–Crippen MR) is 282 cm³/mol. The molecule has 0 N–H and O–H groups in total. The van der Waals surface area contributed by atoms with Gasteiger partial charge in [-0.2, -0.15) is 0 Å². The molecule has 0 saturated carbocycles. The number of phosphoric ester groups is 1. The first kappa shape index (κ1) is 64.7. The van der Waals surface area contributed by atoms with Crippen molar-refractivity contribution < 1.29 is 42.1 Å². The molecular formula is C57H104NO8P. The van der Waals surface area contributed by atoms with Crippen molar-refractivity contribution >= 4 is 19.8 Å². The zero-order valence-corrected chi connectivity index (χ0v) is 45.0. The second-order valence-electron chi connectivity index (χ2n) is 19.6. The van der Waals surface area contributed by atoms with Crippen molar-refractivity contribution in [2.45, 2.75) is 245 Å². The number of unbranched alkanes of at least 4 members (excludes halogenated alkanes) is 26. The van der Waals surface area contributed by atoms with Crippen LogP contribution in [0.3, 0.4) is 0 Å². The number of quaternary nitrogens is 1. The molecule has 67 heavy (non-hydrogen) atoms. The van der Waals surface area contributed by atoms with Crippen molar-refractivity contribution in [2.24, 2.45) is 0 Å². The maximum atomic E-state index is 12.8. The number of esters is 2. The number of allylic oxidation sites excluding steroid dienone is 10. The summed E-state index contributed by atoms with van der Waals surface area (Å²) >= 11 is 0. The molecule has 0 saturated heterocycles. The number of hydrogen-bond donors (Lipinski definition) is 0. The number of carbonyl (C=O) groups is 2. The minimum Gasteiger partial charge on any atom is -0.756 e. The third kappa shape index (κ3) is 52.9. The molecule has 0 aliphatic carbocycles. The molecule has 0 aromatic rings. The van der Waals surface area contributed by atoms with Crippen LogP contribution in [0.4, 0.5) is 0 Å². The molecule has 0 fully saturated rings. The highest BCUT2D eigenvalue weighted by Crippen LogP contribution is 2.38. The second-order valence-corrected chi connectivity index (χ2v) is 21.0. The Morgan fingerprint density at radius 2 is 0.851 bits per heavy atom. The summed E-state index contributed by atoms with van der Waals surface area (Å²) in [7, 11) is 1.17. The van der Waals surface area contributed by atoms with Gasteiger partial charge in [0.15, 0.2) is 6.10 Å². The number of likely N-dealkylation sites (N-methyl/N-ethyl adjacent to an activating group) is 1. The van der Waals surface area contributed by atoms with Gasteiger partial charge in [0, 0.05) is 12.8 Å². The number of rotatable bonds is 50. The van der Waals surface area contributed by atoms with Crippen LogP contribution in [0.15, 0.2) is 60.8 Å². The summed E-state index contributed by atoms with van der Waals surface area (Å²) < 4.78 is 34.1. The summed E-state index contributed by atoms with van der Waals surface area (Å²) in [6, 6.07) is 0. The van der Waals surface area contributed by atoms with E-state index in [0.717, 1.165) is 77.0 Å². The molecule has 0 amide bonds. The van der Waals surface area contributed by atoms with Crippen LogP contribution in [-0.4, -0.2) is 70.0 Å². The Morgan fingerprint density at radius 1 is 0.478 bits per heavy atom. The van der Waals surface area contributed by atoms with Crippen LogP contribution < -0.4 is 4.89 Å². The maximum Gasteiger partial charge on any atom is 0.306 e. The molecule has 0 aliphatic heterocycles. The van der Waals surface area contributed by atoms with Gasteiger partial charge >= 0.3 is 11.9 Å². The van der Waals surface area contributed by atoms with Crippen LogP contribution in [0, 0.1) is 0 Å². The number of ether oxygens (including phenoxy) is 2. The molecule has 9 nitrogen and oxygen atoms in total. The Bertz CT molecular complexity index is 1320. The molecule has 0 spiro atoms. The van der Waals surface area contributed by atoms with E-state index >= 15 is 0 Å². The Hall–Kier alpha value is -2.29. The van der Waals surface area contributed by atoms with Crippen molar-refractivity contribution in [3.8, 4) is 0 Å². The van der Waals surface area contributed by atoms with Crippen molar-refractivity contribution in [3.63, 3.8) is 0 Å². The standard InChI is InChI=1S/C57H104NO8P/c1-6-8-10-12-14-16-18-20-22-24-25-26-27-28-29-30-31-32-33-34-36-38-40-42-44-46-48-50-57(60)66-55(54-65-67(61,62)64-52-51-58(3,4)5)53-63-56(59)49-47-45-43-41-39-37-35-23-21-19-17-15-13-11-9-7-2/h8,10,14,16,20,22,25-26,28-29,55H,6-7,9,11-13,15,17-19,21,23-24,27,30-54H2,1-5H3/b10-8-,16-14-,22-20-,26-25-,29-28-. The predicted octanol–water partition coefficient (Wildman–Crippen LogP) is 16.1. The van der Waals surface area contributed by atoms with Crippen LogP contribution in [0.1, 0.15) is 239 Å². The molecule has 390 valence electrons. The molecule has 2 atom stereocenters. The van der Waals surface area contributed by atoms with Crippen LogP contribution in [0.25, 0.3) is 0 Å². The van der Waals surface area contributed by atoms with E-state index in [1.165, 1.54) is 128 Å². The van der Waals surface area contributed by atoms with E-state index in [1.807, 2.05) is 21.1 Å². The third-order valence-electron chi connectivity index (χ3n) is 11.8. The maximum absolute atomic E-state index is 12.8. The summed E-state index contributed by atoms with van der Waals surface area (Å²) in [5.41, 5.74) is 0. The van der Waals surface area contributed by atoms with E-state index in [4.69, 9.17) is 18.5 Å². The lowest BCUT2D eigenvalue weighted by molar-refractivity contribution is -0.870. The van der Waals surface area contributed by atoms with Crippen LogP contribution in [-0.2, 0) is 32.7 Å². The minimum absolute atomic E-state index is 0.0317. The SMILES string of the molecule is CC/C=C\C/C=C\C/C=C\C/C=C\C/C=C\CCCCCCCCCCCCCC(=O)OC(COC(=O)CCCCCCCCCCCCCCCCCC)COP(=O)([O-])OCC[N+](C)(C)C. The number of phosphoric acid groups is 1. The van der Waals surface area contributed by atoms with Gasteiger partial charge in [0.25, 0.3) is 7.82 Å². The Morgan fingerprint density at radius 3 is 1.27 bits per heavy atom. The lowest BCUT2D eigenvalue weighted by Gasteiger charge is -2.28. The van der Waals surface area contributed by atoms with Crippen molar-refractivity contribution in [2.75, 3.05) is 47.5 Å². The fraction of sp³-hybridized carbons (Fsp3) is 0.789. The molecule has 10 heteroatoms. The molecule has 0 rings (SSSR count). The first-order chi connectivity index (χ1) is 32.5. The first-order valence-electron chi connectivity index (χ1n) is 27.5. The Labute approximate surface area is 413 Å². The molecule has 0 heterocycles. The van der Waals surface area contributed by atoms with E-state index in [9.17, 15) is 19.0 Å². The van der Waals surface area contributed by atoms with Gasteiger partial charge in [-0.3, -0.25) is 14.2 Å². The van der Waals surface area contributed by atoms with Gasteiger partial charge in [0.1, 0.15) is 19.8 Å². The summed E-state index contributed by atoms with van der Waals surface area (Å²) in [4.78, 5) is 37.8. The van der Waals surface area contributed by atoms with E-state index in [-0.39, 0.29) is 32.0 Å².